The second-order valence-electron chi connectivity index (χ2n) is 3.50. The van der Waals surface area contributed by atoms with Gasteiger partial charge in [-0.2, -0.15) is 5.21 Å². The summed E-state index contributed by atoms with van der Waals surface area (Å²) < 4.78 is 0. The summed E-state index contributed by atoms with van der Waals surface area (Å²) in [7, 11) is 0. The van der Waals surface area contributed by atoms with Crippen LogP contribution in [0, 0.1) is 0 Å². The number of carbonyl (C=O) groups is 2. The number of carboxylic acids is 1. The number of benzene rings is 1. The summed E-state index contributed by atoms with van der Waals surface area (Å²) in [4.78, 5) is 22.9. The molecule has 0 radical (unpaired) electrons. The Morgan fingerprint density at radius 2 is 2.11 bits per heavy atom. The van der Waals surface area contributed by atoms with Crippen molar-refractivity contribution in [3.05, 3.63) is 40.7 Å². The molecule has 0 unspecified atom stereocenters. The molecule has 1 aromatic carbocycles. The number of H-pyrrole nitrogens is 1. The van der Waals surface area contributed by atoms with Gasteiger partial charge in [-0.1, -0.05) is 29.8 Å². The highest BCUT2D eigenvalue weighted by atomic mass is 35.5. The van der Waals surface area contributed by atoms with Crippen LogP contribution in [0.1, 0.15) is 22.2 Å². The highest BCUT2D eigenvalue weighted by Gasteiger charge is 2.26. The molecule has 3 N–H and O–H groups in total. The van der Waals surface area contributed by atoms with E-state index in [-0.39, 0.29) is 16.4 Å². The topological polar surface area (TPSA) is 121 Å². The van der Waals surface area contributed by atoms with E-state index in [0.29, 0.717) is 0 Å². The van der Waals surface area contributed by atoms with Crippen molar-refractivity contribution in [2.75, 3.05) is 0 Å². The largest absolute Gasteiger partial charge is 0.479 e. The zero-order chi connectivity index (χ0) is 13.8. The Bertz CT molecular complexity index is 601. The number of amides is 1. The molecule has 1 heterocycles. The van der Waals surface area contributed by atoms with Crippen LogP contribution in [0.25, 0.3) is 0 Å². The van der Waals surface area contributed by atoms with Gasteiger partial charge in [0.2, 0.25) is 0 Å². The molecule has 0 aliphatic carbocycles. The minimum absolute atomic E-state index is 0.239. The van der Waals surface area contributed by atoms with Gasteiger partial charge in [0.25, 0.3) is 11.7 Å². The Morgan fingerprint density at radius 1 is 1.37 bits per heavy atom. The van der Waals surface area contributed by atoms with E-state index in [1.165, 1.54) is 12.1 Å². The van der Waals surface area contributed by atoms with E-state index < -0.39 is 17.9 Å². The first-order valence-electron chi connectivity index (χ1n) is 5.11. The first-order chi connectivity index (χ1) is 9.09. The Morgan fingerprint density at radius 3 is 2.68 bits per heavy atom. The van der Waals surface area contributed by atoms with Gasteiger partial charge in [0.15, 0.2) is 6.04 Å². The average Bonchev–Trinajstić information content (AvgIpc) is 2.90. The highest BCUT2D eigenvalue weighted by molar-refractivity contribution is 6.31. The number of rotatable bonds is 4. The van der Waals surface area contributed by atoms with Crippen molar-refractivity contribution in [3.8, 4) is 0 Å². The number of halogens is 1. The van der Waals surface area contributed by atoms with E-state index >= 15 is 0 Å². The van der Waals surface area contributed by atoms with Crippen molar-refractivity contribution in [2.24, 2.45) is 0 Å². The lowest BCUT2D eigenvalue weighted by Gasteiger charge is -2.14. The second kappa shape index (κ2) is 5.44. The normalized spacial score (nSPS) is 11.8. The number of carbonyl (C=O) groups excluding carboxylic acids is 1. The van der Waals surface area contributed by atoms with Gasteiger partial charge in [0.1, 0.15) is 0 Å². The minimum atomic E-state index is -1.29. The number of hydrogen-bond acceptors (Lipinski definition) is 5. The number of tetrazole rings is 1. The van der Waals surface area contributed by atoms with Gasteiger partial charge in [-0.3, -0.25) is 4.79 Å². The van der Waals surface area contributed by atoms with Gasteiger partial charge >= 0.3 is 5.97 Å². The van der Waals surface area contributed by atoms with Crippen molar-refractivity contribution in [1.82, 2.24) is 25.9 Å². The summed E-state index contributed by atoms with van der Waals surface area (Å²) in [5.41, 5.74) is 0.272. The molecule has 0 aliphatic rings. The molecule has 2 rings (SSSR count). The van der Waals surface area contributed by atoms with Crippen LogP contribution in [0.2, 0.25) is 5.02 Å². The molecule has 1 atom stereocenters. The Hall–Kier alpha value is -2.48. The van der Waals surface area contributed by atoms with Gasteiger partial charge in [-0.25, -0.2) is 4.79 Å². The third-order valence-corrected chi connectivity index (χ3v) is 2.63. The van der Waals surface area contributed by atoms with Crippen LogP contribution in [0.15, 0.2) is 24.3 Å². The molecule has 0 bridgehead atoms. The molecule has 1 amide bonds. The standard InChI is InChI=1S/C10H8ClN5O3/c11-6-4-2-1-3-5(6)7(10(18)19)12-9(17)8-13-15-16-14-8/h1-4,7H,(H,12,17)(H,18,19)(H,13,14,15,16)/t7-/m1/s1. The van der Waals surface area contributed by atoms with E-state index in [1.807, 2.05) is 0 Å². The number of nitrogens with one attached hydrogen (secondary N) is 2. The first-order valence-corrected chi connectivity index (χ1v) is 5.49. The summed E-state index contributed by atoms with van der Waals surface area (Å²) in [6.07, 6.45) is 0. The molecule has 19 heavy (non-hydrogen) atoms. The van der Waals surface area contributed by atoms with Gasteiger partial charge in [-0.05, 0) is 11.3 Å². The fourth-order valence-corrected chi connectivity index (χ4v) is 1.68. The number of carboxylic acid groups (broad SMARTS) is 1. The van der Waals surface area contributed by atoms with E-state index in [1.54, 1.807) is 12.1 Å². The summed E-state index contributed by atoms with van der Waals surface area (Å²) in [5.74, 6) is -2.26. The van der Waals surface area contributed by atoms with Gasteiger partial charge in [-0.15, -0.1) is 10.2 Å². The van der Waals surface area contributed by atoms with Crippen molar-refractivity contribution in [1.29, 1.82) is 0 Å². The smallest absolute Gasteiger partial charge is 0.330 e. The molecule has 2 aromatic rings. The maximum absolute atomic E-state index is 11.7. The van der Waals surface area contributed by atoms with Crippen LogP contribution in [0.3, 0.4) is 0 Å². The Kier molecular flexibility index (Phi) is 3.71. The maximum atomic E-state index is 11.7. The fourth-order valence-electron chi connectivity index (χ4n) is 1.44. The molecule has 0 saturated heterocycles. The van der Waals surface area contributed by atoms with Crippen LogP contribution in [0.4, 0.5) is 0 Å². The molecule has 98 valence electrons. The minimum Gasteiger partial charge on any atom is -0.479 e. The summed E-state index contributed by atoms with van der Waals surface area (Å²) in [6, 6.07) is 5.04. The average molecular weight is 282 g/mol. The molecule has 9 heteroatoms. The van der Waals surface area contributed by atoms with Crippen LogP contribution in [-0.2, 0) is 4.79 Å². The molecular formula is C10H8ClN5O3. The van der Waals surface area contributed by atoms with Crippen molar-refractivity contribution < 1.29 is 14.7 Å². The molecule has 1 aromatic heterocycles. The van der Waals surface area contributed by atoms with E-state index in [0.717, 1.165) is 0 Å². The number of aliphatic carboxylic acids is 1. The van der Waals surface area contributed by atoms with Crippen LogP contribution in [-0.4, -0.2) is 37.6 Å². The van der Waals surface area contributed by atoms with Crippen molar-refractivity contribution in [2.45, 2.75) is 6.04 Å². The van der Waals surface area contributed by atoms with E-state index in [9.17, 15) is 9.59 Å². The van der Waals surface area contributed by atoms with Gasteiger partial charge in [0, 0.05) is 10.6 Å². The Balaban J connectivity index is 2.25. The predicted molar refractivity (Wildman–Crippen MR) is 63.5 cm³/mol. The van der Waals surface area contributed by atoms with E-state index in [2.05, 4.69) is 25.9 Å². The molecule has 0 spiro atoms. The van der Waals surface area contributed by atoms with Crippen molar-refractivity contribution in [3.63, 3.8) is 0 Å². The summed E-state index contributed by atoms with van der Waals surface area (Å²) in [6.45, 7) is 0. The van der Waals surface area contributed by atoms with Gasteiger partial charge in [0.05, 0.1) is 0 Å². The molecule has 0 fully saturated rings. The molecule has 0 saturated carbocycles. The molecular weight excluding hydrogens is 274 g/mol. The third kappa shape index (κ3) is 2.86. The fraction of sp³-hybridized carbons (Fsp3) is 0.100. The first kappa shape index (κ1) is 13.0. The van der Waals surface area contributed by atoms with Gasteiger partial charge < -0.3 is 10.4 Å². The maximum Gasteiger partial charge on any atom is 0.330 e. The number of aromatic nitrogens is 4. The van der Waals surface area contributed by atoms with Crippen LogP contribution >= 0.6 is 11.6 Å². The molecule has 8 nitrogen and oxygen atoms in total. The van der Waals surface area contributed by atoms with E-state index in [4.69, 9.17) is 16.7 Å². The SMILES string of the molecule is O=C(N[C@@H](C(=O)O)c1ccccc1Cl)c1nn[nH]n1. The number of nitrogens with zero attached hydrogens (tertiary/aromatic N) is 3. The summed E-state index contributed by atoms with van der Waals surface area (Å²) >= 11 is 5.91. The van der Waals surface area contributed by atoms with Crippen LogP contribution < -0.4 is 5.32 Å². The predicted octanol–water partition coefficient (Wildman–Crippen LogP) is 0.409. The lowest BCUT2D eigenvalue weighted by molar-refractivity contribution is -0.139. The zero-order valence-corrected chi connectivity index (χ0v) is 10.1. The third-order valence-electron chi connectivity index (χ3n) is 2.29. The monoisotopic (exact) mass is 281 g/mol. The highest BCUT2D eigenvalue weighted by Crippen LogP contribution is 2.23. The summed E-state index contributed by atoms with van der Waals surface area (Å²) in [5, 5.41) is 23.9. The Labute approximate surface area is 111 Å². The van der Waals surface area contributed by atoms with Crippen LogP contribution in [0.5, 0.6) is 0 Å². The number of aromatic amines is 1. The quantitative estimate of drug-likeness (QED) is 0.746. The number of hydrogen-bond donors (Lipinski definition) is 3. The van der Waals surface area contributed by atoms with Crippen molar-refractivity contribution >= 4 is 23.5 Å². The second-order valence-corrected chi connectivity index (χ2v) is 3.91. The molecule has 0 aliphatic heterocycles. The lowest BCUT2D eigenvalue weighted by Crippen LogP contribution is -2.34. The zero-order valence-electron chi connectivity index (χ0n) is 9.37. The lowest BCUT2D eigenvalue weighted by atomic mass is 10.1.